The highest BCUT2D eigenvalue weighted by Crippen LogP contribution is 2.32. The minimum atomic E-state index is -0.254. The van der Waals surface area contributed by atoms with Crippen LogP contribution in [-0.4, -0.2) is 30.8 Å². The van der Waals surface area contributed by atoms with Gasteiger partial charge in [-0.2, -0.15) is 0 Å². The van der Waals surface area contributed by atoms with Crippen LogP contribution in [0.2, 0.25) is 0 Å². The zero-order valence-electron chi connectivity index (χ0n) is 16.3. The van der Waals surface area contributed by atoms with Gasteiger partial charge in [-0.1, -0.05) is 79.9 Å². The molecule has 0 radical (unpaired) electrons. The normalized spacial score (nSPS) is 22.9. The van der Waals surface area contributed by atoms with E-state index < -0.39 is 0 Å². The molecule has 1 aliphatic carbocycles. The van der Waals surface area contributed by atoms with Gasteiger partial charge in [0.25, 0.3) is 0 Å². The summed E-state index contributed by atoms with van der Waals surface area (Å²) in [5.74, 6) is 0.248. The first-order chi connectivity index (χ1) is 13.8. The van der Waals surface area contributed by atoms with Crippen LogP contribution in [0.25, 0.3) is 0 Å². The molecule has 2 aromatic carbocycles. The van der Waals surface area contributed by atoms with E-state index in [1.165, 1.54) is 30.4 Å². The highest BCUT2D eigenvalue weighted by atomic mass is 16.6. The molecule has 2 aromatic rings. The number of hydrogen-bond acceptors (Lipinski definition) is 3. The molecule has 4 nitrogen and oxygen atoms in total. The van der Waals surface area contributed by atoms with Crippen LogP contribution in [-0.2, 0) is 4.74 Å². The number of benzene rings is 2. The number of carbonyl (C=O) groups excluding carboxylic acids is 1. The maximum absolute atomic E-state index is 12.3. The molecule has 4 rings (SSSR count). The fourth-order valence-corrected chi connectivity index (χ4v) is 4.65. The molecule has 1 saturated heterocycles. The molecule has 1 amide bonds. The van der Waals surface area contributed by atoms with Crippen molar-refractivity contribution in [1.29, 1.82) is 0 Å². The molecule has 2 N–H and O–H groups in total. The van der Waals surface area contributed by atoms with Gasteiger partial charge in [-0.3, -0.25) is 0 Å². The van der Waals surface area contributed by atoms with E-state index in [0.29, 0.717) is 6.54 Å². The Morgan fingerprint density at radius 2 is 1.54 bits per heavy atom. The monoisotopic (exact) mass is 378 g/mol. The number of hydrogen-bond donors (Lipinski definition) is 2. The Hall–Kier alpha value is -2.33. The predicted molar refractivity (Wildman–Crippen MR) is 111 cm³/mol. The third-order valence-electron chi connectivity index (χ3n) is 6.05. The summed E-state index contributed by atoms with van der Waals surface area (Å²) in [6, 6.07) is 21.7. The standard InChI is InChI=1S/C24H30N2O2/c27-24(26-20-14-8-3-9-15-20)28-21-16-22(25-17-21)23(18-10-4-1-5-11-18)19-12-6-2-7-13-19/h1-2,4-7,10-13,20-23,25H,3,8-9,14-17H2,(H,26,27). The third kappa shape index (κ3) is 4.74. The molecule has 1 saturated carbocycles. The zero-order chi connectivity index (χ0) is 19.2. The van der Waals surface area contributed by atoms with Crippen molar-refractivity contribution >= 4 is 6.09 Å². The van der Waals surface area contributed by atoms with Crippen molar-refractivity contribution in [1.82, 2.24) is 10.6 Å². The lowest BCUT2D eigenvalue weighted by molar-refractivity contribution is 0.101. The number of carbonyl (C=O) groups is 1. The molecular weight excluding hydrogens is 348 g/mol. The van der Waals surface area contributed by atoms with Gasteiger partial charge < -0.3 is 15.4 Å². The van der Waals surface area contributed by atoms with E-state index in [1.807, 2.05) is 0 Å². The summed E-state index contributed by atoms with van der Waals surface area (Å²) >= 11 is 0. The Kier molecular flexibility index (Phi) is 6.27. The van der Waals surface area contributed by atoms with E-state index in [9.17, 15) is 4.79 Å². The van der Waals surface area contributed by atoms with Crippen LogP contribution in [0.15, 0.2) is 60.7 Å². The van der Waals surface area contributed by atoms with Gasteiger partial charge in [0.15, 0.2) is 0 Å². The van der Waals surface area contributed by atoms with Crippen molar-refractivity contribution < 1.29 is 9.53 Å². The minimum absolute atomic E-state index is 0.0801. The van der Waals surface area contributed by atoms with E-state index in [0.717, 1.165) is 19.3 Å². The summed E-state index contributed by atoms with van der Waals surface area (Å²) in [5, 5.41) is 6.67. The molecule has 0 spiro atoms. The van der Waals surface area contributed by atoms with Gasteiger partial charge >= 0.3 is 6.09 Å². The van der Waals surface area contributed by atoms with Crippen molar-refractivity contribution in [3.05, 3.63) is 71.8 Å². The van der Waals surface area contributed by atoms with Gasteiger partial charge in [-0.25, -0.2) is 4.79 Å². The number of rotatable bonds is 5. The predicted octanol–water partition coefficient (Wildman–Crippen LogP) is 4.61. The molecule has 2 unspecified atom stereocenters. The number of ether oxygens (including phenoxy) is 1. The van der Waals surface area contributed by atoms with Crippen LogP contribution in [0.1, 0.15) is 55.6 Å². The van der Waals surface area contributed by atoms with Gasteiger partial charge in [0.2, 0.25) is 0 Å². The fraction of sp³-hybridized carbons (Fsp3) is 0.458. The zero-order valence-corrected chi connectivity index (χ0v) is 16.3. The SMILES string of the molecule is O=C(NC1CCCCC1)OC1CNC(C(c2ccccc2)c2ccccc2)C1. The molecule has 2 fully saturated rings. The van der Waals surface area contributed by atoms with Gasteiger partial charge in [0.1, 0.15) is 6.10 Å². The second-order valence-corrected chi connectivity index (χ2v) is 8.06. The van der Waals surface area contributed by atoms with Crippen molar-refractivity contribution in [3.8, 4) is 0 Å². The van der Waals surface area contributed by atoms with Crippen molar-refractivity contribution in [2.75, 3.05) is 6.54 Å². The Labute approximate surface area is 167 Å². The van der Waals surface area contributed by atoms with E-state index >= 15 is 0 Å². The topological polar surface area (TPSA) is 50.4 Å². The molecule has 2 atom stereocenters. The van der Waals surface area contributed by atoms with Crippen molar-refractivity contribution in [2.45, 2.75) is 62.6 Å². The van der Waals surface area contributed by atoms with Crippen LogP contribution >= 0.6 is 0 Å². The molecule has 0 aromatic heterocycles. The quantitative estimate of drug-likeness (QED) is 0.799. The first kappa shape index (κ1) is 19.0. The van der Waals surface area contributed by atoms with Gasteiger partial charge in [0.05, 0.1) is 0 Å². The van der Waals surface area contributed by atoms with Gasteiger partial charge in [0, 0.05) is 31.0 Å². The van der Waals surface area contributed by atoms with Gasteiger partial charge in [-0.05, 0) is 24.0 Å². The van der Waals surface area contributed by atoms with Crippen LogP contribution in [0.3, 0.4) is 0 Å². The summed E-state index contributed by atoms with van der Waals surface area (Å²) in [4.78, 5) is 12.3. The molecule has 4 heteroatoms. The highest BCUT2D eigenvalue weighted by molar-refractivity contribution is 5.67. The van der Waals surface area contributed by atoms with Crippen LogP contribution in [0.5, 0.6) is 0 Å². The molecule has 28 heavy (non-hydrogen) atoms. The first-order valence-corrected chi connectivity index (χ1v) is 10.6. The lowest BCUT2D eigenvalue weighted by Gasteiger charge is -2.25. The smallest absolute Gasteiger partial charge is 0.407 e. The molecular formula is C24H30N2O2. The summed E-state index contributed by atoms with van der Waals surface area (Å²) in [7, 11) is 0. The lowest BCUT2D eigenvalue weighted by atomic mass is 9.84. The Balaban J connectivity index is 1.40. The molecule has 1 aliphatic heterocycles. The van der Waals surface area contributed by atoms with E-state index in [1.54, 1.807) is 0 Å². The van der Waals surface area contributed by atoms with E-state index in [4.69, 9.17) is 4.74 Å². The number of nitrogens with one attached hydrogen (secondary N) is 2. The number of alkyl carbamates (subject to hydrolysis) is 1. The summed E-state index contributed by atoms with van der Waals surface area (Å²) in [6.45, 7) is 0.707. The molecule has 1 heterocycles. The van der Waals surface area contributed by atoms with Crippen LogP contribution in [0, 0.1) is 0 Å². The van der Waals surface area contributed by atoms with Crippen molar-refractivity contribution in [3.63, 3.8) is 0 Å². The largest absolute Gasteiger partial charge is 0.445 e. The Morgan fingerprint density at radius 1 is 0.929 bits per heavy atom. The summed E-state index contributed by atoms with van der Waals surface area (Å²) in [5.41, 5.74) is 2.58. The second-order valence-electron chi connectivity index (χ2n) is 8.06. The molecule has 2 aliphatic rings. The molecule has 148 valence electrons. The first-order valence-electron chi connectivity index (χ1n) is 10.6. The summed E-state index contributed by atoms with van der Waals surface area (Å²) < 4.78 is 5.75. The lowest BCUT2D eigenvalue weighted by Crippen LogP contribution is -2.38. The minimum Gasteiger partial charge on any atom is -0.445 e. The number of amides is 1. The van der Waals surface area contributed by atoms with Crippen LogP contribution < -0.4 is 10.6 Å². The Morgan fingerprint density at radius 3 is 2.14 bits per heavy atom. The fourth-order valence-electron chi connectivity index (χ4n) is 4.65. The Bertz CT molecular complexity index is 704. The maximum atomic E-state index is 12.3. The van der Waals surface area contributed by atoms with E-state index in [-0.39, 0.29) is 30.2 Å². The second kappa shape index (κ2) is 9.24. The maximum Gasteiger partial charge on any atom is 0.407 e. The molecule has 0 bridgehead atoms. The van der Waals surface area contributed by atoms with Crippen molar-refractivity contribution in [2.24, 2.45) is 0 Å². The third-order valence-corrected chi connectivity index (χ3v) is 6.05. The summed E-state index contributed by atoms with van der Waals surface area (Å²) in [6.07, 6.45) is 6.32. The van der Waals surface area contributed by atoms with Crippen LogP contribution in [0.4, 0.5) is 4.79 Å². The van der Waals surface area contributed by atoms with Gasteiger partial charge in [-0.15, -0.1) is 0 Å². The average Bonchev–Trinajstić information content (AvgIpc) is 3.18. The van der Waals surface area contributed by atoms with E-state index in [2.05, 4.69) is 71.3 Å². The average molecular weight is 379 g/mol. The highest BCUT2D eigenvalue weighted by Gasteiger charge is 2.34.